The van der Waals surface area contributed by atoms with Crippen LogP contribution in [0.1, 0.15) is 6.42 Å². The van der Waals surface area contributed by atoms with Crippen LogP contribution in [-0.4, -0.2) is 31.2 Å². The predicted molar refractivity (Wildman–Crippen MR) is 62.0 cm³/mol. The van der Waals surface area contributed by atoms with E-state index in [2.05, 4.69) is 15.0 Å². The summed E-state index contributed by atoms with van der Waals surface area (Å²) in [4.78, 5) is 22.7. The molecule has 88 valence electrons. The molecule has 0 aliphatic heterocycles. The highest BCUT2D eigenvalue weighted by Crippen LogP contribution is 2.37. The first-order chi connectivity index (χ1) is 8.20. The molecule has 2 heterocycles. The van der Waals surface area contributed by atoms with Crippen LogP contribution >= 0.6 is 0 Å². The quantitative estimate of drug-likeness (QED) is 0.651. The largest absolute Gasteiger partial charge is 0.396 e. The molecule has 0 spiro atoms. The van der Waals surface area contributed by atoms with E-state index in [-0.39, 0.29) is 24.0 Å². The number of anilines is 1. The Morgan fingerprint density at radius 3 is 3.24 bits per heavy atom. The topological polar surface area (TPSA) is 110 Å². The molecule has 7 nitrogen and oxygen atoms in total. The maximum atomic E-state index is 12.0. The van der Waals surface area contributed by atoms with E-state index in [1.54, 1.807) is 6.20 Å². The minimum absolute atomic E-state index is 0.0974. The Morgan fingerprint density at radius 2 is 2.53 bits per heavy atom. The zero-order valence-electron chi connectivity index (χ0n) is 8.92. The van der Waals surface area contributed by atoms with Crippen LogP contribution in [0.15, 0.2) is 16.7 Å². The molecule has 0 aromatic carbocycles. The molecule has 1 fully saturated rings. The second kappa shape index (κ2) is 3.42. The average Bonchev–Trinajstić information content (AvgIpc) is 2.91. The number of nitrogens with two attached hydrogens (primary N) is 1. The van der Waals surface area contributed by atoms with E-state index in [1.165, 1.54) is 10.9 Å². The summed E-state index contributed by atoms with van der Waals surface area (Å²) >= 11 is 0. The lowest BCUT2D eigenvalue weighted by Crippen LogP contribution is -2.20. The summed E-state index contributed by atoms with van der Waals surface area (Å²) in [6, 6.07) is 0. The zero-order valence-corrected chi connectivity index (χ0v) is 8.92. The third-order valence-electron chi connectivity index (χ3n) is 2.88. The van der Waals surface area contributed by atoms with Crippen molar-refractivity contribution in [2.45, 2.75) is 6.42 Å². The van der Waals surface area contributed by atoms with E-state index in [0.29, 0.717) is 11.2 Å². The lowest BCUT2D eigenvalue weighted by atomic mass is 10.4. The predicted octanol–water partition coefficient (Wildman–Crippen LogP) is -0.445. The second-order valence-corrected chi connectivity index (χ2v) is 4.03. The number of aromatic nitrogens is 4. The third kappa shape index (κ3) is 1.51. The summed E-state index contributed by atoms with van der Waals surface area (Å²) < 4.78 is 1.28. The molecule has 1 aliphatic rings. The maximum Gasteiger partial charge on any atom is 0.285 e. The Hall–Kier alpha value is -2.15. The lowest BCUT2D eigenvalue weighted by molar-refractivity contribution is 0.281. The van der Waals surface area contributed by atoms with Crippen molar-refractivity contribution in [1.29, 1.82) is 0 Å². The van der Waals surface area contributed by atoms with E-state index in [9.17, 15) is 4.79 Å². The molecule has 4 N–H and O–H groups in total. The van der Waals surface area contributed by atoms with E-state index in [4.69, 9.17) is 10.8 Å². The first-order valence-electron chi connectivity index (χ1n) is 5.23. The highest BCUT2D eigenvalue weighted by Gasteiger charge is 2.29. The van der Waals surface area contributed by atoms with Crippen LogP contribution in [0, 0.1) is 5.92 Å². The molecule has 3 rings (SSSR count). The minimum Gasteiger partial charge on any atom is -0.396 e. The number of imidazole rings is 1. The van der Waals surface area contributed by atoms with Crippen LogP contribution in [0.4, 0.5) is 5.95 Å². The molecule has 0 amide bonds. The van der Waals surface area contributed by atoms with Gasteiger partial charge in [0.25, 0.3) is 5.56 Å². The van der Waals surface area contributed by atoms with Crippen molar-refractivity contribution >= 4 is 23.3 Å². The molecule has 1 aliphatic carbocycles. The fourth-order valence-electron chi connectivity index (χ4n) is 1.77. The number of nitrogens with one attached hydrogen (secondary N) is 1. The smallest absolute Gasteiger partial charge is 0.285 e. The molecule has 2 aromatic rings. The molecule has 0 saturated heterocycles. The molecule has 1 saturated carbocycles. The number of rotatable bonds is 2. The van der Waals surface area contributed by atoms with Crippen molar-refractivity contribution in [3.8, 4) is 0 Å². The van der Waals surface area contributed by atoms with Gasteiger partial charge in [0.1, 0.15) is 0 Å². The third-order valence-corrected chi connectivity index (χ3v) is 2.88. The van der Waals surface area contributed by atoms with Gasteiger partial charge in [-0.3, -0.25) is 9.36 Å². The van der Waals surface area contributed by atoms with Gasteiger partial charge in [-0.1, -0.05) is 0 Å². The van der Waals surface area contributed by atoms with Gasteiger partial charge in [0.15, 0.2) is 11.2 Å². The van der Waals surface area contributed by atoms with Gasteiger partial charge in [0, 0.05) is 18.7 Å². The number of fused-ring (bicyclic) bond motifs is 1. The number of hydrogen-bond donors (Lipinski definition) is 3. The number of H-pyrrole nitrogens is 1. The van der Waals surface area contributed by atoms with Gasteiger partial charge in [0.05, 0.1) is 6.33 Å². The first kappa shape index (κ1) is 10.0. The van der Waals surface area contributed by atoms with E-state index < -0.39 is 0 Å². The van der Waals surface area contributed by atoms with Gasteiger partial charge < -0.3 is 15.8 Å². The van der Waals surface area contributed by atoms with Crippen LogP contribution in [0.25, 0.3) is 17.4 Å². The van der Waals surface area contributed by atoms with Gasteiger partial charge in [0.2, 0.25) is 5.95 Å². The van der Waals surface area contributed by atoms with Crippen molar-refractivity contribution < 1.29 is 5.11 Å². The highest BCUT2D eigenvalue weighted by atomic mass is 16.3. The highest BCUT2D eigenvalue weighted by molar-refractivity contribution is 5.71. The summed E-state index contributed by atoms with van der Waals surface area (Å²) in [7, 11) is 0. The van der Waals surface area contributed by atoms with Gasteiger partial charge in [-0.25, -0.2) is 4.98 Å². The Bertz CT molecular complexity index is 669. The molecule has 1 atom stereocenters. The molecule has 17 heavy (non-hydrogen) atoms. The van der Waals surface area contributed by atoms with Crippen molar-refractivity contribution in [3.63, 3.8) is 0 Å². The SMILES string of the molecule is Nc1nc2nc[nH]c2c(=O)n1C=C1CC1CO. The van der Waals surface area contributed by atoms with Gasteiger partial charge in [-0.2, -0.15) is 4.98 Å². The lowest BCUT2D eigenvalue weighted by Gasteiger charge is -2.02. The maximum absolute atomic E-state index is 12.0. The summed E-state index contributed by atoms with van der Waals surface area (Å²) in [6.07, 6.45) is 3.85. The fourth-order valence-corrected chi connectivity index (χ4v) is 1.77. The molecular weight excluding hydrogens is 222 g/mol. The summed E-state index contributed by atoms with van der Waals surface area (Å²) in [5.41, 5.74) is 7.07. The van der Waals surface area contributed by atoms with Crippen molar-refractivity contribution in [1.82, 2.24) is 19.5 Å². The monoisotopic (exact) mass is 233 g/mol. The number of hydrogen-bond acceptors (Lipinski definition) is 5. The summed E-state index contributed by atoms with van der Waals surface area (Å²) in [5.74, 6) is 0.254. The van der Waals surface area contributed by atoms with Crippen LogP contribution in [0.2, 0.25) is 0 Å². The molecule has 0 bridgehead atoms. The minimum atomic E-state index is -0.277. The van der Waals surface area contributed by atoms with Crippen LogP contribution in [0.3, 0.4) is 0 Å². The molecule has 7 heteroatoms. The summed E-state index contributed by atoms with van der Waals surface area (Å²) in [6.45, 7) is 0.0974. The first-order valence-corrected chi connectivity index (χ1v) is 5.23. The Morgan fingerprint density at radius 1 is 1.71 bits per heavy atom. The number of aliphatic hydroxyl groups excluding tert-OH is 1. The number of aliphatic hydroxyl groups is 1. The number of nitrogen functional groups attached to an aromatic ring is 1. The standard InChI is InChI=1S/C10H11N5O2/c11-10-14-8-7(12-4-13-8)9(17)15(10)2-5-1-6(5)3-16/h2,4,6,16H,1,3H2,(H2,11,14)(H,12,13). The molecule has 1 unspecified atom stereocenters. The number of aromatic amines is 1. The Balaban J connectivity index is 2.16. The van der Waals surface area contributed by atoms with Crippen molar-refractivity contribution in [3.05, 3.63) is 22.3 Å². The summed E-state index contributed by atoms with van der Waals surface area (Å²) in [5, 5.41) is 8.94. The van der Waals surface area contributed by atoms with Crippen LogP contribution in [0.5, 0.6) is 0 Å². The van der Waals surface area contributed by atoms with Gasteiger partial charge in [-0.05, 0) is 12.0 Å². The van der Waals surface area contributed by atoms with E-state index in [0.717, 1.165) is 12.0 Å². The fraction of sp³-hybridized carbons (Fsp3) is 0.300. The zero-order chi connectivity index (χ0) is 12.0. The van der Waals surface area contributed by atoms with Gasteiger partial charge >= 0.3 is 0 Å². The van der Waals surface area contributed by atoms with E-state index in [1.807, 2.05) is 0 Å². The van der Waals surface area contributed by atoms with E-state index >= 15 is 0 Å². The van der Waals surface area contributed by atoms with Gasteiger partial charge in [-0.15, -0.1) is 0 Å². The molecule has 0 radical (unpaired) electrons. The molecular formula is C10H11N5O2. The normalized spacial score (nSPS) is 21.2. The molecule has 2 aromatic heterocycles. The van der Waals surface area contributed by atoms with Crippen molar-refractivity contribution in [2.24, 2.45) is 5.92 Å². The van der Waals surface area contributed by atoms with Crippen molar-refractivity contribution in [2.75, 3.05) is 12.3 Å². The Kier molecular flexibility index (Phi) is 2.02. The Labute approximate surface area is 95.6 Å². The number of nitrogens with zero attached hydrogens (tertiary/aromatic N) is 3. The average molecular weight is 233 g/mol. The van der Waals surface area contributed by atoms with Crippen LogP contribution < -0.4 is 11.3 Å². The second-order valence-electron chi connectivity index (χ2n) is 4.03. The van der Waals surface area contributed by atoms with Crippen LogP contribution in [-0.2, 0) is 0 Å².